The molecule has 6 heteroatoms. The fraction of sp³-hybridized carbons (Fsp3) is 0.714. The molecule has 1 rings (SSSR count). The number of aryl methyl sites for hydroxylation is 1. The van der Waals surface area contributed by atoms with Crippen LogP contribution in [-0.4, -0.2) is 31.3 Å². The maximum Gasteiger partial charge on any atom is 0.314 e. The summed E-state index contributed by atoms with van der Waals surface area (Å²) in [5, 5.41) is 20.0. The highest BCUT2D eigenvalue weighted by Crippen LogP contribution is 2.07. The van der Waals surface area contributed by atoms with Crippen LogP contribution in [0, 0.1) is 0 Å². The number of rotatable bonds is 4. The molecule has 0 saturated carbocycles. The van der Waals surface area contributed by atoms with Crippen LogP contribution in [0.15, 0.2) is 0 Å². The number of aliphatic carboxylic acids is 1. The minimum Gasteiger partial charge on any atom is -0.481 e. The van der Waals surface area contributed by atoms with Crippen molar-refractivity contribution < 1.29 is 9.90 Å². The van der Waals surface area contributed by atoms with Crippen LogP contribution in [0.3, 0.4) is 0 Å². The van der Waals surface area contributed by atoms with Crippen molar-refractivity contribution in [1.29, 1.82) is 0 Å². The van der Waals surface area contributed by atoms with Gasteiger partial charge >= 0.3 is 5.97 Å². The zero-order valence-electron chi connectivity index (χ0n) is 7.64. The van der Waals surface area contributed by atoms with Crippen molar-refractivity contribution in [3.8, 4) is 0 Å². The molecule has 0 aliphatic carbocycles. The Morgan fingerprint density at radius 2 is 2.38 bits per heavy atom. The molecule has 0 amide bonds. The second-order valence-corrected chi connectivity index (χ2v) is 2.80. The summed E-state index contributed by atoms with van der Waals surface area (Å²) in [6, 6.07) is 0. The van der Waals surface area contributed by atoms with Gasteiger partial charge in [-0.1, -0.05) is 6.92 Å². The van der Waals surface area contributed by atoms with E-state index in [0.717, 1.165) is 6.42 Å². The topological polar surface area (TPSA) is 80.9 Å². The molecule has 0 aliphatic heterocycles. The molecule has 1 aromatic heterocycles. The molecular formula is C7H12N4O2. The molecule has 13 heavy (non-hydrogen) atoms. The number of aromatic nitrogens is 4. The first-order valence-corrected chi connectivity index (χ1v) is 4.15. The highest BCUT2D eigenvalue weighted by Gasteiger charge is 2.18. The summed E-state index contributed by atoms with van der Waals surface area (Å²) >= 11 is 0. The van der Waals surface area contributed by atoms with Gasteiger partial charge in [0.15, 0.2) is 5.82 Å². The molecule has 0 aliphatic rings. The van der Waals surface area contributed by atoms with E-state index in [1.807, 2.05) is 6.92 Å². The number of carboxylic acid groups (broad SMARTS) is 1. The zero-order valence-corrected chi connectivity index (χ0v) is 7.64. The standard InChI is InChI=1S/C7H12N4O2/c1-3-4-11-9-6(8-10-11)5(2)7(12)13/h5H,3-4H2,1-2H3,(H,12,13). The molecular weight excluding hydrogens is 172 g/mol. The molecule has 1 atom stereocenters. The normalized spacial score (nSPS) is 12.8. The van der Waals surface area contributed by atoms with E-state index in [2.05, 4.69) is 15.4 Å². The maximum absolute atomic E-state index is 10.5. The second-order valence-electron chi connectivity index (χ2n) is 2.80. The van der Waals surface area contributed by atoms with Crippen LogP contribution in [0.1, 0.15) is 32.0 Å². The van der Waals surface area contributed by atoms with Gasteiger partial charge in [-0.25, -0.2) is 0 Å². The van der Waals surface area contributed by atoms with Crippen LogP contribution in [0.25, 0.3) is 0 Å². The molecule has 1 aromatic rings. The van der Waals surface area contributed by atoms with Crippen LogP contribution < -0.4 is 0 Å². The number of tetrazole rings is 1. The van der Waals surface area contributed by atoms with E-state index in [1.54, 1.807) is 0 Å². The molecule has 0 radical (unpaired) electrons. The summed E-state index contributed by atoms with van der Waals surface area (Å²) in [5.74, 6) is -1.36. The summed E-state index contributed by atoms with van der Waals surface area (Å²) < 4.78 is 0. The zero-order chi connectivity index (χ0) is 9.84. The Morgan fingerprint density at radius 1 is 1.69 bits per heavy atom. The van der Waals surface area contributed by atoms with E-state index >= 15 is 0 Å². The number of hydrogen-bond donors (Lipinski definition) is 1. The van der Waals surface area contributed by atoms with Crippen LogP contribution >= 0.6 is 0 Å². The number of hydrogen-bond acceptors (Lipinski definition) is 4. The van der Waals surface area contributed by atoms with Gasteiger partial charge in [-0.2, -0.15) is 4.80 Å². The smallest absolute Gasteiger partial charge is 0.314 e. The molecule has 0 bridgehead atoms. The lowest BCUT2D eigenvalue weighted by Gasteiger charge is -1.97. The lowest BCUT2D eigenvalue weighted by Crippen LogP contribution is -2.10. The number of nitrogens with zero attached hydrogens (tertiary/aromatic N) is 4. The Balaban J connectivity index is 2.73. The Labute approximate surface area is 75.6 Å². The fourth-order valence-corrected chi connectivity index (χ4v) is 0.834. The van der Waals surface area contributed by atoms with Crippen molar-refractivity contribution in [2.45, 2.75) is 32.7 Å². The van der Waals surface area contributed by atoms with E-state index in [4.69, 9.17) is 5.11 Å². The minimum atomic E-state index is -0.934. The van der Waals surface area contributed by atoms with Gasteiger partial charge in [0.25, 0.3) is 0 Å². The summed E-state index contributed by atoms with van der Waals surface area (Å²) in [6.45, 7) is 4.19. The van der Waals surface area contributed by atoms with Crippen LogP contribution in [0.4, 0.5) is 0 Å². The fourth-order valence-electron chi connectivity index (χ4n) is 0.834. The molecule has 0 saturated heterocycles. The third-order valence-corrected chi connectivity index (χ3v) is 1.65. The van der Waals surface area contributed by atoms with Gasteiger partial charge in [-0.15, -0.1) is 10.2 Å². The Hall–Kier alpha value is -1.46. The van der Waals surface area contributed by atoms with Crippen molar-refractivity contribution in [3.05, 3.63) is 5.82 Å². The van der Waals surface area contributed by atoms with Gasteiger partial charge in [-0.05, 0) is 18.6 Å². The van der Waals surface area contributed by atoms with Gasteiger partial charge < -0.3 is 5.11 Å². The largest absolute Gasteiger partial charge is 0.481 e. The van der Waals surface area contributed by atoms with Gasteiger partial charge in [0, 0.05) is 0 Å². The lowest BCUT2D eigenvalue weighted by atomic mass is 10.2. The third-order valence-electron chi connectivity index (χ3n) is 1.65. The van der Waals surface area contributed by atoms with Crippen molar-refractivity contribution in [2.75, 3.05) is 0 Å². The van der Waals surface area contributed by atoms with Crippen molar-refractivity contribution in [3.63, 3.8) is 0 Å². The van der Waals surface area contributed by atoms with E-state index in [1.165, 1.54) is 11.7 Å². The van der Waals surface area contributed by atoms with E-state index < -0.39 is 11.9 Å². The summed E-state index contributed by atoms with van der Waals surface area (Å²) in [4.78, 5) is 12.0. The predicted octanol–water partition coefficient (Wildman–Crippen LogP) is 0.271. The van der Waals surface area contributed by atoms with Crippen molar-refractivity contribution in [2.24, 2.45) is 0 Å². The van der Waals surface area contributed by atoms with Crippen molar-refractivity contribution in [1.82, 2.24) is 20.2 Å². The first-order valence-electron chi connectivity index (χ1n) is 4.15. The average Bonchev–Trinajstić information content (AvgIpc) is 2.52. The maximum atomic E-state index is 10.5. The second kappa shape index (κ2) is 3.97. The molecule has 1 heterocycles. The van der Waals surface area contributed by atoms with Gasteiger partial charge in [0.05, 0.1) is 6.54 Å². The Morgan fingerprint density at radius 3 is 2.92 bits per heavy atom. The molecule has 1 N–H and O–H groups in total. The van der Waals surface area contributed by atoms with Crippen molar-refractivity contribution >= 4 is 5.97 Å². The molecule has 6 nitrogen and oxygen atoms in total. The monoisotopic (exact) mass is 184 g/mol. The Kier molecular flexibility index (Phi) is 2.94. The van der Waals surface area contributed by atoms with Gasteiger partial charge in [0.2, 0.25) is 0 Å². The Bertz CT molecular complexity index is 296. The van der Waals surface area contributed by atoms with Crippen LogP contribution in [-0.2, 0) is 11.3 Å². The molecule has 1 unspecified atom stereocenters. The van der Waals surface area contributed by atoms with E-state index in [9.17, 15) is 4.79 Å². The first-order chi connectivity index (χ1) is 6.15. The van der Waals surface area contributed by atoms with E-state index in [0.29, 0.717) is 6.54 Å². The molecule has 0 fully saturated rings. The number of carboxylic acids is 1. The molecule has 0 spiro atoms. The van der Waals surface area contributed by atoms with Gasteiger partial charge in [0.1, 0.15) is 5.92 Å². The summed E-state index contributed by atoms with van der Waals surface area (Å²) in [5.41, 5.74) is 0. The van der Waals surface area contributed by atoms with Crippen LogP contribution in [0.2, 0.25) is 0 Å². The minimum absolute atomic E-state index is 0.265. The third kappa shape index (κ3) is 2.24. The van der Waals surface area contributed by atoms with E-state index in [-0.39, 0.29) is 5.82 Å². The first kappa shape index (κ1) is 9.63. The summed E-state index contributed by atoms with van der Waals surface area (Å²) in [6.07, 6.45) is 0.900. The van der Waals surface area contributed by atoms with Crippen LogP contribution in [0.5, 0.6) is 0 Å². The SMILES string of the molecule is CCCn1nnc(C(C)C(=O)O)n1. The quantitative estimate of drug-likeness (QED) is 0.726. The lowest BCUT2D eigenvalue weighted by molar-refractivity contribution is -0.138. The highest BCUT2D eigenvalue weighted by molar-refractivity contribution is 5.74. The predicted molar refractivity (Wildman–Crippen MR) is 44.2 cm³/mol. The summed E-state index contributed by atoms with van der Waals surface area (Å²) in [7, 11) is 0. The molecule has 72 valence electrons. The molecule has 0 aromatic carbocycles. The average molecular weight is 184 g/mol. The highest BCUT2D eigenvalue weighted by atomic mass is 16.4. The van der Waals surface area contributed by atoms with Gasteiger partial charge in [-0.3, -0.25) is 4.79 Å². The number of carbonyl (C=O) groups is 1.